The summed E-state index contributed by atoms with van der Waals surface area (Å²) in [7, 11) is 3.90. The van der Waals surface area contributed by atoms with Crippen molar-refractivity contribution in [2.75, 3.05) is 30.9 Å². The van der Waals surface area contributed by atoms with E-state index in [1.165, 1.54) is 6.08 Å². The summed E-state index contributed by atoms with van der Waals surface area (Å²) in [5.41, 5.74) is 8.36. The summed E-state index contributed by atoms with van der Waals surface area (Å²) in [5, 5.41) is 2.77. The second kappa shape index (κ2) is 10.0. The molecule has 3 N–H and O–H groups in total. The fourth-order valence-corrected chi connectivity index (χ4v) is 2.32. The first-order valence-electron chi connectivity index (χ1n) is 8.85. The molecule has 0 heterocycles. The molecule has 148 valence electrons. The van der Waals surface area contributed by atoms with Crippen LogP contribution in [0.15, 0.2) is 60.3 Å². The number of amides is 2. The fraction of sp³-hybridized carbons (Fsp3) is 0.238. The van der Waals surface area contributed by atoms with Crippen molar-refractivity contribution in [2.24, 2.45) is 0 Å². The number of aryl methyl sites for hydroxylation is 1. The van der Waals surface area contributed by atoms with E-state index in [4.69, 9.17) is 4.74 Å². The number of nitrogens with one attached hydrogen (secondary N) is 3. The number of para-hydroxylation sites is 1. The number of hydrazine groups is 1. The fourth-order valence-electron chi connectivity index (χ4n) is 2.32. The molecule has 0 spiro atoms. The third kappa shape index (κ3) is 6.68. The van der Waals surface area contributed by atoms with E-state index in [2.05, 4.69) is 16.2 Å². The number of allylic oxidation sites excluding steroid dienone is 1. The molecule has 2 rings (SSSR count). The van der Waals surface area contributed by atoms with Gasteiger partial charge in [-0.1, -0.05) is 18.2 Å². The number of hydrogen-bond donors (Lipinski definition) is 3. The zero-order valence-corrected chi connectivity index (χ0v) is 16.6. The lowest BCUT2D eigenvalue weighted by molar-refractivity contribution is -0.124. The lowest BCUT2D eigenvalue weighted by Crippen LogP contribution is -2.39. The number of rotatable bonds is 8. The summed E-state index contributed by atoms with van der Waals surface area (Å²) in [5.74, 6) is 0.00766. The Morgan fingerprint density at radius 3 is 2.36 bits per heavy atom. The Bertz CT molecular complexity index is 845. The molecular weight excluding hydrogens is 356 g/mol. The SMILES string of the molecule is CC(=CC(=O)Nc1ccc(N(C)C)cc1)NNC(=O)COc1ccccc1C. The van der Waals surface area contributed by atoms with Crippen LogP contribution in [0.4, 0.5) is 11.4 Å². The lowest BCUT2D eigenvalue weighted by Gasteiger charge is -2.13. The van der Waals surface area contributed by atoms with Crippen molar-refractivity contribution in [1.29, 1.82) is 0 Å². The van der Waals surface area contributed by atoms with E-state index in [1.807, 2.05) is 68.4 Å². The van der Waals surface area contributed by atoms with Gasteiger partial charge in [0.25, 0.3) is 5.91 Å². The van der Waals surface area contributed by atoms with Crippen molar-refractivity contribution in [3.8, 4) is 5.75 Å². The zero-order valence-electron chi connectivity index (χ0n) is 16.6. The van der Waals surface area contributed by atoms with E-state index in [0.717, 1.165) is 11.3 Å². The van der Waals surface area contributed by atoms with E-state index in [0.29, 0.717) is 17.1 Å². The van der Waals surface area contributed by atoms with Gasteiger partial charge in [0.1, 0.15) is 5.75 Å². The molecule has 0 aliphatic heterocycles. The van der Waals surface area contributed by atoms with Gasteiger partial charge in [0.15, 0.2) is 6.61 Å². The normalized spacial score (nSPS) is 10.8. The van der Waals surface area contributed by atoms with Crippen molar-refractivity contribution in [3.63, 3.8) is 0 Å². The third-order valence-electron chi connectivity index (χ3n) is 3.85. The largest absolute Gasteiger partial charge is 0.483 e. The first kappa shape index (κ1) is 20.8. The van der Waals surface area contributed by atoms with Crippen molar-refractivity contribution in [1.82, 2.24) is 10.9 Å². The summed E-state index contributed by atoms with van der Waals surface area (Å²) in [6.45, 7) is 3.46. The van der Waals surface area contributed by atoms with Crippen molar-refractivity contribution >= 4 is 23.2 Å². The van der Waals surface area contributed by atoms with Gasteiger partial charge in [0.05, 0.1) is 0 Å². The van der Waals surface area contributed by atoms with Gasteiger partial charge >= 0.3 is 0 Å². The summed E-state index contributed by atoms with van der Waals surface area (Å²) < 4.78 is 5.46. The molecule has 0 fully saturated rings. The number of hydrogen-bond acceptors (Lipinski definition) is 5. The highest BCUT2D eigenvalue weighted by molar-refractivity contribution is 5.99. The first-order chi connectivity index (χ1) is 13.3. The number of carbonyl (C=O) groups is 2. The second-order valence-electron chi connectivity index (χ2n) is 6.49. The summed E-state index contributed by atoms with van der Waals surface area (Å²) in [4.78, 5) is 25.9. The lowest BCUT2D eigenvalue weighted by atomic mass is 10.2. The molecule has 0 radical (unpaired) electrons. The molecule has 2 aromatic carbocycles. The Kier molecular flexibility index (Phi) is 7.45. The number of benzene rings is 2. The van der Waals surface area contributed by atoms with Crippen LogP contribution < -0.4 is 25.8 Å². The van der Waals surface area contributed by atoms with Crippen LogP contribution in [-0.4, -0.2) is 32.5 Å². The van der Waals surface area contributed by atoms with Crippen molar-refractivity contribution in [3.05, 3.63) is 65.9 Å². The van der Waals surface area contributed by atoms with Gasteiger partial charge in [-0.05, 0) is 49.7 Å². The predicted molar refractivity (Wildman–Crippen MR) is 111 cm³/mol. The van der Waals surface area contributed by atoms with Gasteiger partial charge in [-0.3, -0.25) is 15.0 Å². The number of carbonyl (C=O) groups excluding carboxylic acids is 2. The van der Waals surface area contributed by atoms with E-state index >= 15 is 0 Å². The minimum Gasteiger partial charge on any atom is -0.483 e. The maximum absolute atomic E-state index is 12.1. The van der Waals surface area contributed by atoms with Crippen LogP contribution in [0.5, 0.6) is 5.75 Å². The molecule has 7 nitrogen and oxygen atoms in total. The molecule has 28 heavy (non-hydrogen) atoms. The average Bonchev–Trinajstić information content (AvgIpc) is 2.66. The maximum Gasteiger partial charge on any atom is 0.276 e. The molecule has 0 unspecified atom stereocenters. The van der Waals surface area contributed by atoms with Crippen LogP contribution in [0.1, 0.15) is 12.5 Å². The molecule has 0 aromatic heterocycles. The summed E-state index contributed by atoms with van der Waals surface area (Å²) >= 11 is 0. The molecular formula is C21H26N4O3. The van der Waals surface area contributed by atoms with Crippen LogP contribution in [0.2, 0.25) is 0 Å². The molecule has 0 aliphatic carbocycles. The van der Waals surface area contributed by atoms with Crippen LogP contribution in [-0.2, 0) is 9.59 Å². The van der Waals surface area contributed by atoms with Gasteiger partial charge in [-0.15, -0.1) is 0 Å². The van der Waals surface area contributed by atoms with Crippen molar-refractivity contribution < 1.29 is 14.3 Å². The summed E-state index contributed by atoms with van der Waals surface area (Å²) in [6, 6.07) is 14.9. The second-order valence-corrected chi connectivity index (χ2v) is 6.49. The minimum absolute atomic E-state index is 0.129. The predicted octanol–water partition coefficient (Wildman–Crippen LogP) is 2.60. The summed E-state index contributed by atoms with van der Waals surface area (Å²) in [6.07, 6.45) is 1.36. The molecule has 0 saturated heterocycles. The highest BCUT2D eigenvalue weighted by Crippen LogP contribution is 2.16. The van der Waals surface area contributed by atoms with Crippen LogP contribution in [0.25, 0.3) is 0 Å². The van der Waals surface area contributed by atoms with Gasteiger partial charge < -0.3 is 20.4 Å². The molecule has 0 aliphatic rings. The first-order valence-corrected chi connectivity index (χ1v) is 8.85. The number of nitrogens with zero attached hydrogens (tertiary/aromatic N) is 1. The third-order valence-corrected chi connectivity index (χ3v) is 3.85. The average molecular weight is 382 g/mol. The quantitative estimate of drug-likeness (QED) is 0.483. The van der Waals surface area contributed by atoms with Crippen LogP contribution in [0.3, 0.4) is 0 Å². The van der Waals surface area contributed by atoms with Crippen molar-refractivity contribution in [2.45, 2.75) is 13.8 Å². The molecule has 7 heteroatoms. The Balaban J connectivity index is 1.77. The minimum atomic E-state index is -0.351. The smallest absolute Gasteiger partial charge is 0.276 e. The van der Waals surface area contributed by atoms with E-state index in [-0.39, 0.29) is 18.4 Å². The monoisotopic (exact) mass is 382 g/mol. The number of ether oxygens (including phenoxy) is 1. The standard InChI is InChI=1S/C21H26N4O3/c1-15-7-5-6-8-19(15)28-14-21(27)24-23-16(2)13-20(26)22-17-9-11-18(12-10-17)25(3)4/h5-13,23H,14H2,1-4H3,(H,22,26)(H,24,27). The van der Waals surface area contributed by atoms with E-state index in [9.17, 15) is 9.59 Å². The molecule has 0 bridgehead atoms. The number of anilines is 2. The Morgan fingerprint density at radius 2 is 1.71 bits per heavy atom. The Morgan fingerprint density at radius 1 is 1.04 bits per heavy atom. The van der Waals surface area contributed by atoms with E-state index < -0.39 is 0 Å². The van der Waals surface area contributed by atoms with Gasteiger partial charge in [-0.2, -0.15) is 0 Å². The molecule has 0 atom stereocenters. The topological polar surface area (TPSA) is 82.7 Å². The van der Waals surface area contributed by atoms with Crippen LogP contribution in [0, 0.1) is 6.92 Å². The van der Waals surface area contributed by atoms with Crippen LogP contribution >= 0.6 is 0 Å². The Labute approximate surface area is 165 Å². The highest BCUT2D eigenvalue weighted by Gasteiger charge is 2.05. The highest BCUT2D eigenvalue weighted by atomic mass is 16.5. The Hall–Kier alpha value is -3.48. The maximum atomic E-state index is 12.1. The van der Waals surface area contributed by atoms with Gasteiger partial charge in [-0.25, -0.2) is 0 Å². The molecule has 2 aromatic rings. The zero-order chi connectivity index (χ0) is 20.5. The van der Waals surface area contributed by atoms with E-state index in [1.54, 1.807) is 13.0 Å². The van der Waals surface area contributed by atoms with Gasteiger partial charge in [0, 0.05) is 37.2 Å². The molecule has 2 amide bonds. The van der Waals surface area contributed by atoms with Gasteiger partial charge in [0.2, 0.25) is 5.91 Å². The molecule has 0 saturated carbocycles.